The Morgan fingerprint density at radius 2 is 2.24 bits per heavy atom. The number of carbonyl (C=O) groups is 1. The first-order chi connectivity index (χ1) is 8.02. The molecule has 0 spiro atoms. The van der Waals surface area contributed by atoms with E-state index in [4.69, 9.17) is 11.6 Å². The van der Waals surface area contributed by atoms with Gasteiger partial charge in [0.15, 0.2) is 0 Å². The van der Waals surface area contributed by atoms with Crippen LogP contribution in [0.1, 0.15) is 22.8 Å². The van der Waals surface area contributed by atoms with Gasteiger partial charge in [-0.15, -0.1) is 0 Å². The number of rotatable bonds is 6. The number of nitrogens with zero attached hydrogens (tertiary/aromatic N) is 1. The molecule has 17 heavy (non-hydrogen) atoms. The molecule has 0 aliphatic rings. The Kier molecular flexibility index (Phi) is 5.39. The summed E-state index contributed by atoms with van der Waals surface area (Å²) in [6, 6.07) is 5.45. The summed E-state index contributed by atoms with van der Waals surface area (Å²) in [5.41, 5.74) is 2.86. The molecule has 1 aromatic rings. The largest absolute Gasteiger partial charge is 0.302 e. The fraction of sp³-hybridized carbons (Fsp3) is 0.357. The third-order valence-electron chi connectivity index (χ3n) is 2.54. The standard InChI is InChI=1S/C14H18ClNO/c1-11(2)9-16(3)7-6-12-4-5-14(15)8-13(12)10-17/h4-5,8,10H,1,6-7,9H2,2-3H3. The van der Waals surface area contributed by atoms with Crippen molar-refractivity contribution in [3.05, 3.63) is 46.5 Å². The highest BCUT2D eigenvalue weighted by molar-refractivity contribution is 6.30. The monoisotopic (exact) mass is 251 g/mol. The Balaban J connectivity index is 2.62. The van der Waals surface area contributed by atoms with E-state index in [0.29, 0.717) is 10.6 Å². The SMILES string of the molecule is C=C(C)CN(C)CCc1ccc(Cl)cc1C=O. The molecule has 0 amide bonds. The molecule has 0 N–H and O–H groups in total. The van der Waals surface area contributed by atoms with Gasteiger partial charge in [-0.05, 0) is 38.1 Å². The minimum atomic E-state index is 0.603. The van der Waals surface area contributed by atoms with E-state index in [0.717, 1.165) is 36.9 Å². The number of halogens is 1. The number of hydrogen-bond donors (Lipinski definition) is 0. The van der Waals surface area contributed by atoms with E-state index in [1.165, 1.54) is 0 Å². The van der Waals surface area contributed by atoms with Gasteiger partial charge >= 0.3 is 0 Å². The van der Waals surface area contributed by atoms with Crippen molar-refractivity contribution >= 4 is 17.9 Å². The Morgan fingerprint density at radius 3 is 2.82 bits per heavy atom. The van der Waals surface area contributed by atoms with Gasteiger partial charge in [0.25, 0.3) is 0 Å². The molecule has 3 heteroatoms. The molecule has 0 saturated carbocycles. The van der Waals surface area contributed by atoms with Crippen LogP contribution in [0.25, 0.3) is 0 Å². The molecule has 2 nitrogen and oxygen atoms in total. The van der Waals surface area contributed by atoms with E-state index < -0.39 is 0 Å². The summed E-state index contributed by atoms with van der Waals surface area (Å²) in [4.78, 5) is 13.1. The van der Waals surface area contributed by atoms with E-state index in [9.17, 15) is 4.79 Å². The molecule has 0 saturated heterocycles. The van der Waals surface area contributed by atoms with Gasteiger partial charge < -0.3 is 4.90 Å². The molecule has 0 aromatic heterocycles. The van der Waals surface area contributed by atoms with Crippen LogP contribution in [0, 0.1) is 0 Å². The van der Waals surface area contributed by atoms with Crippen LogP contribution in [0.15, 0.2) is 30.4 Å². The summed E-state index contributed by atoms with van der Waals surface area (Å²) < 4.78 is 0. The predicted octanol–water partition coefficient (Wildman–Crippen LogP) is 3.20. The van der Waals surface area contributed by atoms with Crippen LogP contribution < -0.4 is 0 Å². The summed E-state index contributed by atoms with van der Waals surface area (Å²) in [6.45, 7) is 7.67. The van der Waals surface area contributed by atoms with Crippen molar-refractivity contribution in [3.63, 3.8) is 0 Å². The van der Waals surface area contributed by atoms with Gasteiger partial charge in [0.2, 0.25) is 0 Å². The van der Waals surface area contributed by atoms with Gasteiger partial charge in [0.1, 0.15) is 6.29 Å². The number of carbonyl (C=O) groups excluding carboxylic acids is 1. The zero-order chi connectivity index (χ0) is 12.8. The Bertz CT molecular complexity index is 415. The van der Waals surface area contributed by atoms with Crippen LogP contribution in [0.5, 0.6) is 0 Å². The lowest BCUT2D eigenvalue weighted by molar-refractivity contribution is 0.112. The molecule has 0 aliphatic carbocycles. The highest BCUT2D eigenvalue weighted by atomic mass is 35.5. The summed E-state index contributed by atoms with van der Waals surface area (Å²) in [5, 5.41) is 0.603. The van der Waals surface area contributed by atoms with Crippen molar-refractivity contribution in [1.29, 1.82) is 0 Å². The highest BCUT2D eigenvalue weighted by Crippen LogP contribution is 2.15. The van der Waals surface area contributed by atoms with Crippen LogP contribution >= 0.6 is 11.6 Å². The first-order valence-electron chi connectivity index (χ1n) is 5.59. The second kappa shape index (κ2) is 6.58. The fourth-order valence-corrected chi connectivity index (χ4v) is 1.93. The average Bonchev–Trinajstić information content (AvgIpc) is 2.26. The third kappa shape index (κ3) is 4.72. The minimum absolute atomic E-state index is 0.603. The van der Waals surface area contributed by atoms with Crippen molar-refractivity contribution in [2.24, 2.45) is 0 Å². The van der Waals surface area contributed by atoms with E-state index in [1.807, 2.05) is 26.1 Å². The van der Waals surface area contributed by atoms with Crippen LogP contribution in [0.2, 0.25) is 5.02 Å². The topological polar surface area (TPSA) is 20.3 Å². The summed E-state index contributed by atoms with van der Waals surface area (Å²) in [5.74, 6) is 0. The van der Waals surface area contributed by atoms with Gasteiger partial charge in [0, 0.05) is 23.7 Å². The fourth-order valence-electron chi connectivity index (χ4n) is 1.75. The number of benzene rings is 1. The average molecular weight is 252 g/mol. The van der Waals surface area contributed by atoms with Crippen molar-refractivity contribution in [2.75, 3.05) is 20.1 Å². The lowest BCUT2D eigenvalue weighted by Crippen LogP contribution is -2.23. The van der Waals surface area contributed by atoms with E-state index in [2.05, 4.69) is 11.5 Å². The molecule has 0 atom stereocenters. The minimum Gasteiger partial charge on any atom is -0.302 e. The zero-order valence-corrected chi connectivity index (χ0v) is 11.1. The van der Waals surface area contributed by atoms with Crippen molar-refractivity contribution in [3.8, 4) is 0 Å². The van der Waals surface area contributed by atoms with Gasteiger partial charge in [0.05, 0.1) is 0 Å². The van der Waals surface area contributed by atoms with Crippen LogP contribution in [-0.2, 0) is 6.42 Å². The maximum absolute atomic E-state index is 10.9. The van der Waals surface area contributed by atoms with Gasteiger partial charge in [-0.25, -0.2) is 0 Å². The lowest BCUT2D eigenvalue weighted by atomic mass is 10.1. The summed E-state index contributed by atoms with van der Waals surface area (Å²) >= 11 is 5.85. The molecule has 1 rings (SSSR count). The summed E-state index contributed by atoms with van der Waals surface area (Å²) in [6.07, 6.45) is 1.70. The summed E-state index contributed by atoms with van der Waals surface area (Å²) in [7, 11) is 2.05. The first kappa shape index (κ1) is 13.9. The molecule has 0 aliphatic heterocycles. The number of likely N-dealkylation sites (N-methyl/N-ethyl adjacent to an activating group) is 1. The molecule has 0 heterocycles. The maximum atomic E-state index is 10.9. The maximum Gasteiger partial charge on any atom is 0.150 e. The molecular weight excluding hydrogens is 234 g/mol. The molecule has 0 bridgehead atoms. The van der Waals surface area contributed by atoms with E-state index in [-0.39, 0.29) is 0 Å². The predicted molar refractivity (Wildman–Crippen MR) is 72.9 cm³/mol. The van der Waals surface area contributed by atoms with Crippen molar-refractivity contribution in [2.45, 2.75) is 13.3 Å². The molecule has 1 aromatic carbocycles. The van der Waals surface area contributed by atoms with Crippen LogP contribution in [-0.4, -0.2) is 31.3 Å². The lowest BCUT2D eigenvalue weighted by Gasteiger charge is -2.16. The Morgan fingerprint density at radius 1 is 1.53 bits per heavy atom. The van der Waals surface area contributed by atoms with Gasteiger partial charge in [-0.3, -0.25) is 4.79 Å². The normalized spacial score (nSPS) is 10.6. The van der Waals surface area contributed by atoms with Crippen LogP contribution in [0.3, 0.4) is 0 Å². The quantitative estimate of drug-likeness (QED) is 0.572. The molecule has 0 fully saturated rings. The number of hydrogen-bond acceptors (Lipinski definition) is 2. The first-order valence-corrected chi connectivity index (χ1v) is 5.97. The molecule has 0 unspecified atom stereocenters. The Hall–Kier alpha value is -1.12. The molecule has 92 valence electrons. The second-order valence-electron chi connectivity index (χ2n) is 4.41. The molecular formula is C14H18ClNO. The zero-order valence-electron chi connectivity index (χ0n) is 10.4. The molecule has 0 radical (unpaired) electrons. The second-order valence-corrected chi connectivity index (χ2v) is 4.84. The number of aldehydes is 1. The highest BCUT2D eigenvalue weighted by Gasteiger charge is 2.04. The van der Waals surface area contributed by atoms with Gasteiger partial charge in [-0.2, -0.15) is 0 Å². The van der Waals surface area contributed by atoms with Crippen LogP contribution in [0.4, 0.5) is 0 Å². The van der Waals surface area contributed by atoms with E-state index in [1.54, 1.807) is 6.07 Å². The van der Waals surface area contributed by atoms with E-state index >= 15 is 0 Å². The van der Waals surface area contributed by atoms with Crippen molar-refractivity contribution < 1.29 is 4.79 Å². The third-order valence-corrected chi connectivity index (χ3v) is 2.77. The van der Waals surface area contributed by atoms with Gasteiger partial charge in [-0.1, -0.05) is 29.8 Å². The van der Waals surface area contributed by atoms with Crippen molar-refractivity contribution in [1.82, 2.24) is 4.90 Å². The Labute approximate surface area is 108 Å². The smallest absolute Gasteiger partial charge is 0.150 e.